The molecule has 2 aromatic heterocycles. The molecule has 0 amide bonds. The fourth-order valence-corrected chi connectivity index (χ4v) is 3.45. The summed E-state index contributed by atoms with van der Waals surface area (Å²) in [5.74, 6) is 1.35. The fourth-order valence-electron chi connectivity index (χ4n) is 2.93. The van der Waals surface area contributed by atoms with E-state index < -0.39 is 10.0 Å². The fraction of sp³-hybridized carbons (Fsp3) is 0.0500. The minimum atomic E-state index is -3.81. The first kappa shape index (κ1) is 17.3. The molecule has 0 aliphatic rings. The minimum absolute atomic E-state index is 0.0234. The summed E-state index contributed by atoms with van der Waals surface area (Å²) in [6, 6.07) is 16.2. The summed E-state index contributed by atoms with van der Waals surface area (Å²) in [5, 5.41) is 5.59. The number of benzene rings is 2. The molecule has 136 valence electrons. The zero-order chi connectivity index (χ0) is 19.2. The Morgan fingerprint density at radius 3 is 2.22 bits per heavy atom. The number of rotatable bonds is 3. The van der Waals surface area contributed by atoms with E-state index in [1.165, 1.54) is 12.1 Å². The molecular formula is C20H15NO5S. The van der Waals surface area contributed by atoms with Crippen molar-refractivity contribution < 1.29 is 17.3 Å². The highest BCUT2D eigenvalue weighted by Crippen LogP contribution is 2.33. The molecule has 0 radical (unpaired) electrons. The van der Waals surface area contributed by atoms with E-state index in [-0.39, 0.29) is 15.9 Å². The maximum Gasteiger partial charge on any atom is 0.238 e. The van der Waals surface area contributed by atoms with Crippen molar-refractivity contribution in [2.75, 3.05) is 0 Å². The number of fused-ring (bicyclic) bond motifs is 1. The number of para-hydroxylation sites is 1. The van der Waals surface area contributed by atoms with Gasteiger partial charge in [-0.1, -0.05) is 12.1 Å². The highest BCUT2D eigenvalue weighted by atomic mass is 32.2. The summed E-state index contributed by atoms with van der Waals surface area (Å²) in [4.78, 5) is 13.1. The monoisotopic (exact) mass is 381 g/mol. The van der Waals surface area contributed by atoms with Crippen LogP contribution in [0, 0.1) is 6.92 Å². The third-order valence-corrected chi connectivity index (χ3v) is 5.16. The lowest BCUT2D eigenvalue weighted by molar-refractivity contribution is 0.543. The standard InChI is InChI=1S/C20H15NO5S/c1-12-6-11-17(25-12)18-19(22)15-4-2-3-5-16(15)26-20(18)13-7-9-14(10-8-13)27(21,23)24/h2-11H,1H3,(H2,21,23,24). The molecule has 0 aliphatic carbocycles. The van der Waals surface area contributed by atoms with Crippen LogP contribution in [0.15, 0.2) is 79.2 Å². The molecule has 2 N–H and O–H groups in total. The third kappa shape index (κ3) is 3.07. The lowest BCUT2D eigenvalue weighted by atomic mass is 10.0. The highest BCUT2D eigenvalue weighted by Gasteiger charge is 2.20. The van der Waals surface area contributed by atoms with Gasteiger partial charge in [-0.05, 0) is 55.5 Å². The highest BCUT2D eigenvalue weighted by molar-refractivity contribution is 7.89. The lowest BCUT2D eigenvalue weighted by Gasteiger charge is -2.09. The molecular weight excluding hydrogens is 366 g/mol. The lowest BCUT2D eigenvalue weighted by Crippen LogP contribution is -2.12. The van der Waals surface area contributed by atoms with Gasteiger partial charge in [0, 0.05) is 5.56 Å². The normalized spacial score (nSPS) is 11.8. The largest absolute Gasteiger partial charge is 0.461 e. The van der Waals surface area contributed by atoms with Crippen LogP contribution in [0.5, 0.6) is 0 Å². The van der Waals surface area contributed by atoms with E-state index in [2.05, 4.69) is 0 Å². The maximum atomic E-state index is 13.1. The van der Waals surface area contributed by atoms with Crippen LogP contribution < -0.4 is 10.6 Å². The van der Waals surface area contributed by atoms with E-state index in [0.29, 0.717) is 33.8 Å². The van der Waals surface area contributed by atoms with Crippen molar-refractivity contribution in [3.05, 3.63) is 76.6 Å². The van der Waals surface area contributed by atoms with E-state index in [1.54, 1.807) is 55.5 Å². The molecule has 7 heteroatoms. The molecule has 0 spiro atoms. The van der Waals surface area contributed by atoms with E-state index in [0.717, 1.165) is 0 Å². The van der Waals surface area contributed by atoms with Crippen LogP contribution in [0.25, 0.3) is 33.6 Å². The number of furan rings is 1. The summed E-state index contributed by atoms with van der Waals surface area (Å²) >= 11 is 0. The van der Waals surface area contributed by atoms with Gasteiger partial charge in [0.25, 0.3) is 0 Å². The van der Waals surface area contributed by atoms with Crippen LogP contribution in [0.1, 0.15) is 5.76 Å². The molecule has 0 saturated carbocycles. The van der Waals surface area contributed by atoms with Crippen molar-refractivity contribution in [2.45, 2.75) is 11.8 Å². The molecule has 27 heavy (non-hydrogen) atoms. The second-order valence-electron chi connectivity index (χ2n) is 6.11. The van der Waals surface area contributed by atoms with Gasteiger partial charge in [-0.2, -0.15) is 0 Å². The van der Waals surface area contributed by atoms with Crippen molar-refractivity contribution in [1.82, 2.24) is 0 Å². The van der Waals surface area contributed by atoms with Gasteiger partial charge in [0.05, 0.1) is 10.3 Å². The predicted molar refractivity (Wildman–Crippen MR) is 102 cm³/mol. The van der Waals surface area contributed by atoms with Crippen LogP contribution in [0.2, 0.25) is 0 Å². The van der Waals surface area contributed by atoms with Gasteiger partial charge in [-0.3, -0.25) is 4.79 Å². The molecule has 2 heterocycles. The number of aryl methyl sites for hydroxylation is 1. The topological polar surface area (TPSA) is 104 Å². The summed E-state index contributed by atoms with van der Waals surface area (Å²) in [7, 11) is -3.81. The van der Waals surface area contributed by atoms with Gasteiger partial charge < -0.3 is 8.83 Å². The van der Waals surface area contributed by atoms with Gasteiger partial charge >= 0.3 is 0 Å². The van der Waals surface area contributed by atoms with Crippen molar-refractivity contribution in [3.8, 4) is 22.6 Å². The number of primary sulfonamides is 1. The van der Waals surface area contributed by atoms with Gasteiger partial charge in [0.2, 0.25) is 15.5 Å². The quantitative estimate of drug-likeness (QED) is 0.583. The molecule has 0 fully saturated rings. The number of hydrogen-bond donors (Lipinski definition) is 1. The van der Waals surface area contributed by atoms with E-state index >= 15 is 0 Å². The molecule has 0 bridgehead atoms. The molecule has 6 nitrogen and oxygen atoms in total. The molecule has 4 aromatic rings. The first-order valence-corrected chi connectivity index (χ1v) is 9.65. The Labute approximate surface area is 154 Å². The Bertz CT molecular complexity index is 1310. The summed E-state index contributed by atoms with van der Waals surface area (Å²) in [6.45, 7) is 1.78. The van der Waals surface area contributed by atoms with E-state index in [1.807, 2.05) is 0 Å². The number of nitrogens with two attached hydrogens (primary N) is 1. The molecule has 0 unspecified atom stereocenters. The van der Waals surface area contributed by atoms with Crippen molar-refractivity contribution in [1.29, 1.82) is 0 Å². The molecule has 0 saturated heterocycles. The molecule has 4 rings (SSSR count). The van der Waals surface area contributed by atoms with Gasteiger partial charge in [-0.15, -0.1) is 0 Å². The summed E-state index contributed by atoms with van der Waals surface area (Å²) in [5.41, 5.74) is 1.02. The SMILES string of the molecule is Cc1ccc(-c2c(-c3ccc(S(N)(=O)=O)cc3)oc3ccccc3c2=O)o1. The Hall–Kier alpha value is -3.16. The zero-order valence-corrected chi connectivity index (χ0v) is 15.1. The summed E-state index contributed by atoms with van der Waals surface area (Å²) in [6.07, 6.45) is 0. The summed E-state index contributed by atoms with van der Waals surface area (Å²) < 4.78 is 34.7. The van der Waals surface area contributed by atoms with Crippen LogP contribution in [-0.4, -0.2) is 8.42 Å². The molecule has 2 aromatic carbocycles. The smallest absolute Gasteiger partial charge is 0.238 e. The van der Waals surface area contributed by atoms with Crippen LogP contribution >= 0.6 is 0 Å². The Morgan fingerprint density at radius 2 is 1.59 bits per heavy atom. The number of sulfonamides is 1. The number of hydrogen-bond acceptors (Lipinski definition) is 5. The molecule has 0 atom stereocenters. The van der Waals surface area contributed by atoms with Crippen LogP contribution in [0.3, 0.4) is 0 Å². The van der Waals surface area contributed by atoms with Crippen LogP contribution in [0.4, 0.5) is 0 Å². The van der Waals surface area contributed by atoms with E-state index in [9.17, 15) is 13.2 Å². The Morgan fingerprint density at radius 1 is 0.889 bits per heavy atom. The van der Waals surface area contributed by atoms with Gasteiger partial charge in [0.15, 0.2) is 0 Å². The molecule has 0 aliphatic heterocycles. The van der Waals surface area contributed by atoms with Crippen molar-refractivity contribution in [3.63, 3.8) is 0 Å². The third-order valence-electron chi connectivity index (χ3n) is 4.23. The average Bonchev–Trinajstić information content (AvgIpc) is 3.07. The maximum absolute atomic E-state index is 13.1. The average molecular weight is 381 g/mol. The van der Waals surface area contributed by atoms with Crippen molar-refractivity contribution in [2.24, 2.45) is 5.14 Å². The minimum Gasteiger partial charge on any atom is -0.461 e. The first-order valence-electron chi connectivity index (χ1n) is 8.10. The van der Waals surface area contributed by atoms with Gasteiger partial charge in [0.1, 0.15) is 28.4 Å². The second-order valence-corrected chi connectivity index (χ2v) is 7.67. The second kappa shape index (κ2) is 6.22. The zero-order valence-electron chi connectivity index (χ0n) is 14.3. The van der Waals surface area contributed by atoms with E-state index in [4.69, 9.17) is 14.0 Å². The first-order chi connectivity index (χ1) is 12.8. The van der Waals surface area contributed by atoms with Crippen molar-refractivity contribution >= 4 is 21.0 Å². The van der Waals surface area contributed by atoms with Crippen LogP contribution in [-0.2, 0) is 10.0 Å². The Kier molecular flexibility index (Phi) is 3.98. The van der Waals surface area contributed by atoms with Gasteiger partial charge in [-0.25, -0.2) is 13.6 Å². The Balaban J connectivity index is 2.03. The predicted octanol–water partition coefficient (Wildman–Crippen LogP) is 3.68.